The average molecular weight is 313 g/mol. The lowest BCUT2D eigenvalue weighted by atomic mass is 10.6. The smallest absolute Gasteiger partial charge is 0.325 e. The van der Waals surface area contributed by atoms with E-state index >= 15 is 0 Å². The maximum atomic E-state index is 12.3. The number of aromatic nitrogens is 2. The lowest BCUT2D eigenvalue weighted by Crippen LogP contribution is -2.37. The van der Waals surface area contributed by atoms with Gasteiger partial charge in [-0.25, -0.2) is 17.2 Å². The number of halogens is 2. The van der Waals surface area contributed by atoms with Crippen LogP contribution in [0.1, 0.15) is 0 Å². The first-order valence-electron chi connectivity index (χ1n) is 5.40. The Labute approximate surface area is 113 Å². The lowest BCUT2D eigenvalue weighted by molar-refractivity contribution is -0.137. The van der Waals surface area contributed by atoms with Gasteiger partial charge in [0, 0.05) is 12.7 Å². The highest BCUT2D eigenvalue weighted by atomic mass is 32.2. The molecule has 1 rings (SSSR count). The fourth-order valence-electron chi connectivity index (χ4n) is 1.43. The number of aliphatic hydroxyl groups excluding tert-OH is 1. The van der Waals surface area contributed by atoms with Crippen molar-refractivity contribution < 1.29 is 32.2 Å². The van der Waals surface area contributed by atoms with Gasteiger partial charge in [0.1, 0.15) is 11.4 Å². The summed E-state index contributed by atoms with van der Waals surface area (Å²) in [6.45, 7) is -2.72. The first-order valence-corrected chi connectivity index (χ1v) is 6.84. The van der Waals surface area contributed by atoms with E-state index < -0.39 is 53.6 Å². The van der Waals surface area contributed by atoms with E-state index in [1.807, 2.05) is 0 Å². The third-order valence-corrected chi connectivity index (χ3v) is 4.05. The van der Waals surface area contributed by atoms with Crippen LogP contribution in [0.2, 0.25) is 0 Å². The minimum Gasteiger partial charge on any atom is -0.480 e. The molecule has 0 aromatic carbocycles. The van der Waals surface area contributed by atoms with E-state index in [4.69, 9.17) is 10.2 Å². The van der Waals surface area contributed by atoms with Crippen LogP contribution >= 0.6 is 0 Å². The number of alkyl halides is 2. The van der Waals surface area contributed by atoms with Gasteiger partial charge >= 0.3 is 5.97 Å². The zero-order valence-electron chi connectivity index (χ0n) is 10.2. The van der Waals surface area contributed by atoms with Gasteiger partial charge < -0.3 is 10.2 Å². The Morgan fingerprint density at radius 2 is 2.15 bits per heavy atom. The van der Waals surface area contributed by atoms with E-state index in [-0.39, 0.29) is 0 Å². The summed E-state index contributed by atoms with van der Waals surface area (Å²) in [7, 11) is -4.26. The Hall–Kier alpha value is -1.59. The van der Waals surface area contributed by atoms with Crippen molar-refractivity contribution in [3.8, 4) is 0 Å². The maximum Gasteiger partial charge on any atom is 0.325 e. The number of nitrogens with zero attached hydrogens (tertiary/aromatic N) is 3. The molecular weight excluding hydrogens is 300 g/mol. The molecule has 1 aromatic rings. The highest BCUT2D eigenvalue weighted by Gasteiger charge is 2.28. The summed E-state index contributed by atoms with van der Waals surface area (Å²) in [5, 5.41) is 20.8. The van der Waals surface area contributed by atoms with Crippen LogP contribution in [0.3, 0.4) is 0 Å². The number of carbonyl (C=O) groups is 1. The summed E-state index contributed by atoms with van der Waals surface area (Å²) in [5.41, 5.74) is 0. The first kappa shape index (κ1) is 16.5. The van der Waals surface area contributed by atoms with Gasteiger partial charge in [0.25, 0.3) is 6.43 Å². The van der Waals surface area contributed by atoms with Crippen molar-refractivity contribution in [3.05, 3.63) is 12.4 Å². The highest BCUT2D eigenvalue weighted by molar-refractivity contribution is 7.89. The van der Waals surface area contributed by atoms with E-state index in [9.17, 15) is 22.0 Å². The van der Waals surface area contributed by atoms with Crippen LogP contribution in [0, 0.1) is 0 Å². The van der Waals surface area contributed by atoms with E-state index in [1.54, 1.807) is 0 Å². The molecule has 0 radical (unpaired) electrons. The Bertz CT molecular complexity index is 560. The third kappa shape index (κ3) is 4.21. The highest BCUT2D eigenvalue weighted by Crippen LogP contribution is 2.16. The number of aliphatic hydroxyl groups is 1. The van der Waals surface area contributed by atoms with Crippen LogP contribution in [0.5, 0.6) is 0 Å². The van der Waals surface area contributed by atoms with Crippen molar-refractivity contribution >= 4 is 16.0 Å². The molecular formula is C9H13F2N3O5S. The van der Waals surface area contributed by atoms with E-state index in [1.165, 1.54) is 0 Å². The van der Waals surface area contributed by atoms with Crippen molar-refractivity contribution in [3.63, 3.8) is 0 Å². The summed E-state index contributed by atoms with van der Waals surface area (Å²) in [5.74, 6) is -1.23. The van der Waals surface area contributed by atoms with E-state index in [2.05, 4.69) is 5.10 Å². The second kappa shape index (κ2) is 6.72. The minimum atomic E-state index is -4.26. The minimum absolute atomic E-state index is 0.409. The van der Waals surface area contributed by atoms with Gasteiger partial charge in [0.15, 0.2) is 0 Å². The monoisotopic (exact) mass is 313 g/mol. The molecule has 0 atom stereocenters. The van der Waals surface area contributed by atoms with Crippen molar-refractivity contribution in [1.82, 2.24) is 14.1 Å². The number of carboxylic acids is 1. The van der Waals surface area contributed by atoms with Crippen molar-refractivity contribution in [2.24, 2.45) is 0 Å². The number of rotatable bonds is 8. The van der Waals surface area contributed by atoms with Crippen molar-refractivity contribution in [1.29, 1.82) is 0 Å². The molecule has 11 heteroatoms. The van der Waals surface area contributed by atoms with Crippen LogP contribution in [0.15, 0.2) is 17.3 Å². The molecule has 0 aliphatic rings. The molecule has 1 heterocycles. The first-order chi connectivity index (χ1) is 9.27. The molecule has 114 valence electrons. The molecule has 1 aromatic heterocycles. The van der Waals surface area contributed by atoms with Crippen LogP contribution in [0.4, 0.5) is 8.78 Å². The number of carboxylic acid groups (broad SMARTS) is 1. The van der Waals surface area contributed by atoms with Gasteiger partial charge in [-0.2, -0.15) is 9.40 Å². The summed E-state index contributed by atoms with van der Waals surface area (Å²) in [6, 6.07) is 0. The second-order valence-electron chi connectivity index (χ2n) is 3.75. The molecule has 0 fully saturated rings. The zero-order chi connectivity index (χ0) is 15.3. The fourth-order valence-corrected chi connectivity index (χ4v) is 2.79. The predicted molar refractivity (Wildman–Crippen MR) is 61.7 cm³/mol. The number of hydrogen-bond acceptors (Lipinski definition) is 5. The zero-order valence-corrected chi connectivity index (χ0v) is 11.0. The van der Waals surface area contributed by atoms with Gasteiger partial charge in [-0.3, -0.25) is 9.48 Å². The largest absolute Gasteiger partial charge is 0.480 e. The summed E-state index contributed by atoms with van der Waals surface area (Å²) in [6.07, 6.45) is -1.10. The topological polar surface area (TPSA) is 113 Å². The third-order valence-electron chi connectivity index (χ3n) is 2.24. The van der Waals surface area contributed by atoms with Crippen molar-refractivity contribution in [2.45, 2.75) is 17.9 Å². The van der Waals surface area contributed by atoms with Crippen LogP contribution in [0.25, 0.3) is 0 Å². The Kier molecular flexibility index (Phi) is 5.53. The number of hydrogen-bond donors (Lipinski definition) is 2. The number of aliphatic carboxylic acids is 1. The molecule has 0 bridgehead atoms. The SMILES string of the molecule is O=C(O)Cn1cc(S(=O)(=O)N(CCO)CC(F)F)cn1. The van der Waals surface area contributed by atoms with Crippen molar-refractivity contribution in [2.75, 3.05) is 19.7 Å². The molecule has 0 aliphatic heterocycles. The lowest BCUT2D eigenvalue weighted by Gasteiger charge is -2.19. The Morgan fingerprint density at radius 3 is 2.65 bits per heavy atom. The Balaban J connectivity index is 3.00. The molecule has 0 saturated carbocycles. The number of sulfonamides is 1. The average Bonchev–Trinajstić information content (AvgIpc) is 2.76. The van der Waals surface area contributed by atoms with Gasteiger partial charge in [-0.1, -0.05) is 0 Å². The molecule has 0 unspecified atom stereocenters. The van der Waals surface area contributed by atoms with E-state index in [0.29, 0.717) is 4.31 Å². The molecule has 20 heavy (non-hydrogen) atoms. The molecule has 0 amide bonds. The van der Waals surface area contributed by atoms with Crippen LogP contribution in [-0.4, -0.2) is 64.8 Å². The fraction of sp³-hybridized carbons (Fsp3) is 0.556. The quantitative estimate of drug-likeness (QED) is 0.651. The van der Waals surface area contributed by atoms with Gasteiger partial charge in [-0.05, 0) is 0 Å². The molecule has 8 nitrogen and oxygen atoms in total. The summed E-state index contributed by atoms with van der Waals surface area (Å²) in [4.78, 5) is 10.0. The standard InChI is InChI=1S/C9H13F2N3O5S/c10-8(11)5-14(1-2-15)20(18,19)7-3-12-13(4-7)6-9(16)17/h3-4,8,15H,1-2,5-6H2,(H,16,17). The maximum absolute atomic E-state index is 12.3. The summed E-state index contributed by atoms with van der Waals surface area (Å²) < 4.78 is 50.0. The van der Waals surface area contributed by atoms with Gasteiger partial charge in [0.05, 0.1) is 19.3 Å². The molecule has 0 aliphatic carbocycles. The molecule has 0 spiro atoms. The second-order valence-corrected chi connectivity index (χ2v) is 5.68. The van der Waals surface area contributed by atoms with Crippen LogP contribution in [-0.2, 0) is 21.4 Å². The Morgan fingerprint density at radius 1 is 1.50 bits per heavy atom. The van der Waals surface area contributed by atoms with Gasteiger partial charge in [-0.15, -0.1) is 0 Å². The van der Waals surface area contributed by atoms with Gasteiger partial charge in [0.2, 0.25) is 10.0 Å². The normalized spacial score (nSPS) is 12.2. The molecule has 2 N–H and O–H groups in total. The predicted octanol–water partition coefficient (Wildman–Crippen LogP) is -0.784. The molecule has 0 saturated heterocycles. The summed E-state index contributed by atoms with van der Waals surface area (Å²) >= 11 is 0. The van der Waals surface area contributed by atoms with E-state index in [0.717, 1.165) is 17.1 Å². The van der Waals surface area contributed by atoms with Crippen LogP contribution < -0.4 is 0 Å².